The Hall–Kier alpha value is 0.0743. The first-order valence-electron chi connectivity index (χ1n) is 10.6. The van der Waals surface area contributed by atoms with Crippen LogP contribution in [0.3, 0.4) is 0 Å². The van der Waals surface area contributed by atoms with Crippen LogP contribution in [0, 0.1) is 5.92 Å². The first kappa shape index (κ1) is 23.1. The van der Waals surface area contributed by atoms with Crippen molar-refractivity contribution in [2.45, 2.75) is 65.5 Å². The normalized spacial score (nSPS) is 18.0. The molecule has 0 amide bonds. The molecule has 1 rings (SSSR count). The van der Waals surface area contributed by atoms with Gasteiger partial charge in [0.15, 0.2) is 0 Å². The number of nitrogens with zero attached hydrogens (tertiary/aromatic N) is 3. The molecule has 0 saturated heterocycles. The van der Waals surface area contributed by atoms with Crippen molar-refractivity contribution < 1.29 is 17.4 Å². The molecule has 4 heteroatoms. The molecule has 0 aromatic heterocycles. The maximum absolute atomic E-state index is 2.90. The molecule has 25 heavy (non-hydrogen) atoms. The van der Waals surface area contributed by atoms with E-state index in [1.807, 2.05) is 0 Å². The van der Waals surface area contributed by atoms with Crippen LogP contribution in [0.1, 0.15) is 61.8 Å². The van der Waals surface area contributed by atoms with E-state index in [9.17, 15) is 0 Å². The summed E-state index contributed by atoms with van der Waals surface area (Å²) in [7, 11) is 0. The SMILES string of the molecule is CCC(C)[C]1([Ti]([N](CC)CC)([N](CC)CC)[N](CC)CC)C=CC=C1. The summed E-state index contributed by atoms with van der Waals surface area (Å²) in [5, 5.41) is 0. The third kappa shape index (κ3) is 3.73. The standard InChI is InChI=1S/C9H13.3C4H10N.Ti/c1-3-8(2)9-6-4-5-7-9;3*1-3-5-4-2;/h4-8H,3H2,1-2H3;3*3-4H2,1-2H3;/q;3*-1;+3. The van der Waals surface area contributed by atoms with E-state index < -0.39 is 17.4 Å². The van der Waals surface area contributed by atoms with E-state index in [-0.39, 0.29) is 3.72 Å². The van der Waals surface area contributed by atoms with E-state index in [1.54, 1.807) is 0 Å². The van der Waals surface area contributed by atoms with Crippen LogP contribution in [-0.4, -0.2) is 49.4 Å². The summed E-state index contributed by atoms with van der Waals surface area (Å²) in [6.07, 6.45) is 11.0. The molecule has 0 fully saturated rings. The average Bonchev–Trinajstić information content (AvgIpc) is 3.14. The first-order chi connectivity index (χ1) is 12.0. The summed E-state index contributed by atoms with van der Waals surface area (Å²) in [6.45, 7) is 25.9. The zero-order valence-corrected chi connectivity index (χ0v) is 19.7. The molecular weight excluding hydrogens is 342 g/mol. The maximum atomic E-state index is 2.90. The molecule has 146 valence electrons. The Kier molecular flexibility index (Phi) is 9.63. The fourth-order valence-electron chi connectivity index (χ4n) is 5.12. The third-order valence-corrected chi connectivity index (χ3v) is 16.7. The van der Waals surface area contributed by atoms with Crippen LogP contribution in [-0.2, 0) is 17.4 Å². The van der Waals surface area contributed by atoms with Crippen LogP contribution in [0.2, 0.25) is 3.72 Å². The molecule has 1 unspecified atom stereocenters. The van der Waals surface area contributed by atoms with E-state index in [1.165, 1.54) is 6.42 Å². The van der Waals surface area contributed by atoms with Crippen LogP contribution >= 0.6 is 0 Å². The van der Waals surface area contributed by atoms with Gasteiger partial charge in [0.2, 0.25) is 0 Å². The van der Waals surface area contributed by atoms with Crippen molar-refractivity contribution in [3.8, 4) is 0 Å². The van der Waals surface area contributed by atoms with Gasteiger partial charge in [0.1, 0.15) is 0 Å². The van der Waals surface area contributed by atoms with Crippen molar-refractivity contribution >= 4 is 0 Å². The monoisotopic (exact) mass is 385 g/mol. The quantitative estimate of drug-likeness (QED) is 0.425. The number of rotatable bonds is 12. The molecule has 0 aromatic rings. The predicted octanol–water partition coefficient (Wildman–Crippen LogP) is 5.24. The van der Waals surface area contributed by atoms with Gasteiger partial charge in [-0.15, -0.1) is 0 Å². The minimum absolute atomic E-state index is 0.193. The van der Waals surface area contributed by atoms with Gasteiger partial charge < -0.3 is 0 Å². The molecule has 0 heterocycles. The first-order valence-corrected chi connectivity index (χ1v) is 13.5. The Balaban J connectivity index is 3.84. The summed E-state index contributed by atoms with van der Waals surface area (Å²) in [6, 6.07) is 0. The van der Waals surface area contributed by atoms with Crippen LogP contribution in [0.15, 0.2) is 24.3 Å². The van der Waals surface area contributed by atoms with Gasteiger partial charge in [-0.25, -0.2) is 0 Å². The Morgan fingerprint density at radius 2 is 1.00 bits per heavy atom. The molecule has 1 atom stereocenters. The average molecular weight is 385 g/mol. The molecule has 1 aliphatic rings. The fourth-order valence-corrected chi connectivity index (χ4v) is 16.0. The van der Waals surface area contributed by atoms with Crippen LogP contribution in [0.25, 0.3) is 0 Å². The Labute approximate surface area is 162 Å². The number of allylic oxidation sites excluding steroid dienone is 4. The zero-order chi connectivity index (χ0) is 19.1. The van der Waals surface area contributed by atoms with Gasteiger partial charge in [-0.05, 0) is 0 Å². The summed E-state index contributed by atoms with van der Waals surface area (Å²) >= 11 is -2.87. The van der Waals surface area contributed by atoms with Crippen molar-refractivity contribution in [1.82, 2.24) is 10.1 Å². The predicted molar refractivity (Wildman–Crippen MR) is 109 cm³/mol. The van der Waals surface area contributed by atoms with E-state index in [0.717, 1.165) is 39.3 Å². The van der Waals surface area contributed by atoms with Gasteiger partial charge in [0.05, 0.1) is 0 Å². The van der Waals surface area contributed by atoms with E-state index in [4.69, 9.17) is 0 Å². The summed E-state index contributed by atoms with van der Waals surface area (Å²) in [5.41, 5.74) is 0. The number of hydrogen-bond acceptors (Lipinski definition) is 3. The van der Waals surface area contributed by atoms with E-state index in [2.05, 4.69) is 89.8 Å². The van der Waals surface area contributed by atoms with Crippen LogP contribution in [0.5, 0.6) is 0 Å². The van der Waals surface area contributed by atoms with E-state index >= 15 is 0 Å². The molecule has 3 nitrogen and oxygen atoms in total. The molecular formula is C21H43N3Ti. The van der Waals surface area contributed by atoms with Crippen molar-refractivity contribution in [3.63, 3.8) is 0 Å². The second-order valence-electron chi connectivity index (χ2n) is 7.11. The Bertz CT molecular complexity index is 391. The van der Waals surface area contributed by atoms with Gasteiger partial charge in [0.25, 0.3) is 0 Å². The van der Waals surface area contributed by atoms with Gasteiger partial charge in [-0.3, -0.25) is 0 Å². The second-order valence-corrected chi connectivity index (χ2v) is 13.4. The van der Waals surface area contributed by atoms with Crippen molar-refractivity contribution in [2.24, 2.45) is 5.92 Å². The van der Waals surface area contributed by atoms with Gasteiger partial charge in [0, 0.05) is 0 Å². The van der Waals surface area contributed by atoms with Crippen molar-refractivity contribution in [2.75, 3.05) is 39.3 Å². The molecule has 0 aromatic carbocycles. The van der Waals surface area contributed by atoms with Crippen LogP contribution < -0.4 is 0 Å². The van der Waals surface area contributed by atoms with Gasteiger partial charge in [-0.1, -0.05) is 0 Å². The molecule has 0 spiro atoms. The Morgan fingerprint density at radius 3 is 1.24 bits per heavy atom. The van der Waals surface area contributed by atoms with Crippen LogP contribution in [0.4, 0.5) is 0 Å². The molecule has 0 bridgehead atoms. The van der Waals surface area contributed by atoms with E-state index in [0.29, 0.717) is 5.92 Å². The van der Waals surface area contributed by atoms with Crippen molar-refractivity contribution in [3.05, 3.63) is 24.3 Å². The zero-order valence-electron chi connectivity index (χ0n) is 18.2. The molecule has 0 N–H and O–H groups in total. The molecule has 0 saturated carbocycles. The summed E-state index contributed by atoms with van der Waals surface area (Å²) in [4.78, 5) is 0. The molecule has 0 aliphatic heterocycles. The topological polar surface area (TPSA) is 9.72 Å². The van der Waals surface area contributed by atoms with Gasteiger partial charge in [-0.2, -0.15) is 0 Å². The van der Waals surface area contributed by atoms with Gasteiger partial charge >= 0.3 is 163 Å². The molecule has 0 radical (unpaired) electrons. The summed E-state index contributed by atoms with van der Waals surface area (Å²) in [5.74, 6) is 0.657. The molecule has 1 aliphatic carbocycles. The second kappa shape index (κ2) is 10.4. The Morgan fingerprint density at radius 1 is 0.680 bits per heavy atom. The minimum atomic E-state index is -2.87. The third-order valence-electron chi connectivity index (χ3n) is 6.48. The summed E-state index contributed by atoms with van der Waals surface area (Å²) < 4.78 is 8.88. The number of hydrogen-bond donors (Lipinski definition) is 0. The van der Waals surface area contributed by atoms with Crippen molar-refractivity contribution in [1.29, 1.82) is 0 Å². The fraction of sp³-hybridized carbons (Fsp3) is 0.810.